The summed E-state index contributed by atoms with van der Waals surface area (Å²) in [4.78, 5) is 28.9. The molecule has 4 rings (SSSR count). The molecule has 3 aliphatic rings. The molecule has 5 nitrogen and oxygen atoms in total. The van der Waals surface area contributed by atoms with E-state index in [2.05, 4.69) is 6.07 Å². The van der Waals surface area contributed by atoms with Gasteiger partial charge < -0.3 is 15.5 Å². The van der Waals surface area contributed by atoms with E-state index in [1.165, 1.54) is 5.56 Å². The summed E-state index contributed by atoms with van der Waals surface area (Å²) in [6, 6.07) is 7.90. The van der Waals surface area contributed by atoms with Crippen molar-refractivity contribution in [2.45, 2.75) is 56.0 Å². The van der Waals surface area contributed by atoms with Crippen molar-refractivity contribution >= 4 is 23.4 Å². The van der Waals surface area contributed by atoms with Gasteiger partial charge in [0.2, 0.25) is 11.8 Å². The van der Waals surface area contributed by atoms with Crippen LogP contribution in [-0.2, 0) is 15.0 Å². The fourth-order valence-corrected chi connectivity index (χ4v) is 5.22. The first-order valence-corrected chi connectivity index (χ1v) is 9.98. The maximum atomic E-state index is 12.9. The summed E-state index contributed by atoms with van der Waals surface area (Å²) in [5.41, 5.74) is 7.29. The third kappa shape index (κ3) is 2.91. The van der Waals surface area contributed by atoms with E-state index in [0.717, 1.165) is 50.1 Å². The molecule has 0 bridgehead atoms. The van der Waals surface area contributed by atoms with Crippen molar-refractivity contribution < 1.29 is 9.59 Å². The number of benzene rings is 1. The van der Waals surface area contributed by atoms with E-state index < -0.39 is 0 Å². The molecular formula is C20H26ClN3O2. The van der Waals surface area contributed by atoms with Crippen LogP contribution in [0.25, 0.3) is 0 Å². The van der Waals surface area contributed by atoms with E-state index in [-0.39, 0.29) is 35.9 Å². The minimum absolute atomic E-state index is 0.0797. The number of carbonyl (C=O) groups is 2. The molecule has 26 heavy (non-hydrogen) atoms. The average Bonchev–Trinajstić information content (AvgIpc) is 3.16. The highest BCUT2D eigenvalue weighted by Crippen LogP contribution is 2.41. The molecule has 2 aliphatic heterocycles. The van der Waals surface area contributed by atoms with Crippen LogP contribution in [0.4, 0.5) is 0 Å². The lowest BCUT2D eigenvalue weighted by Gasteiger charge is -2.46. The molecule has 140 valence electrons. The molecule has 3 fully saturated rings. The lowest BCUT2D eigenvalue weighted by Crippen LogP contribution is -2.61. The molecule has 1 atom stereocenters. The summed E-state index contributed by atoms with van der Waals surface area (Å²) in [6.07, 6.45) is 5.35. The molecule has 0 aromatic heterocycles. The van der Waals surface area contributed by atoms with Crippen molar-refractivity contribution in [3.63, 3.8) is 0 Å². The van der Waals surface area contributed by atoms with Crippen molar-refractivity contribution in [1.82, 2.24) is 9.80 Å². The number of nitrogens with two attached hydrogens (primary N) is 1. The normalized spacial score (nSPS) is 32.1. The molecule has 1 saturated carbocycles. The summed E-state index contributed by atoms with van der Waals surface area (Å²) >= 11 is 6.18. The van der Waals surface area contributed by atoms with Crippen LogP contribution >= 0.6 is 11.6 Å². The van der Waals surface area contributed by atoms with Crippen LogP contribution in [0.2, 0.25) is 5.02 Å². The minimum Gasteiger partial charge on any atom is -0.330 e. The van der Waals surface area contributed by atoms with Crippen molar-refractivity contribution in [2.75, 3.05) is 19.6 Å². The Bertz CT molecular complexity index is 715. The van der Waals surface area contributed by atoms with E-state index in [1.54, 1.807) is 4.90 Å². The summed E-state index contributed by atoms with van der Waals surface area (Å²) in [6.45, 7) is 1.55. The van der Waals surface area contributed by atoms with Gasteiger partial charge in [0.15, 0.2) is 0 Å². The molecule has 2 saturated heterocycles. The van der Waals surface area contributed by atoms with Gasteiger partial charge in [-0.3, -0.25) is 9.59 Å². The SMILES string of the molecule is NCC1(c2cccc(Cl)c2)CCC(N2CC(=O)N3CCC[C@@H]3C2=O)CC1. The number of halogens is 1. The van der Waals surface area contributed by atoms with Crippen LogP contribution in [0.15, 0.2) is 24.3 Å². The smallest absolute Gasteiger partial charge is 0.246 e. The van der Waals surface area contributed by atoms with Gasteiger partial charge in [0.25, 0.3) is 0 Å². The fraction of sp³-hybridized carbons (Fsp3) is 0.600. The van der Waals surface area contributed by atoms with Gasteiger partial charge in [-0.15, -0.1) is 0 Å². The van der Waals surface area contributed by atoms with Crippen LogP contribution in [0, 0.1) is 0 Å². The number of amides is 2. The van der Waals surface area contributed by atoms with E-state index in [1.807, 2.05) is 23.1 Å². The second-order valence-corrected chi connectivity index (χ2v) is 8.37. The fourth-order valence-electron chi connectivity index (χ4n) is 5.03. The third-order valence-electron chi connectivity index (χ3n) is 6.63. The van der Waals surface area contributed by atoms with Crippen LogP contribution in [0.5, 0.6) is 0 Å². The van der Waals surface area contributed by atoms with Crippen LogP contribution in [-0.4, -0.2) is 53.3 Å². The predicted molar refractivity (Wildman–Crippen MR) is 101 cm³/mol. The molecule has 2 amide bonds. The average molecular weight is 376 g/mol. The Morgan fingerprint density at radius 3 is 2.62 bits per heavy atom. The maximum Gasteiger partial charge on any atom is 0.246 e. The first kappa shape index (κ1) is 17.8. The van der Waals surface area contributed by atoms with Crippen molar-refractivity contribution in [3.05, 3.63) is 34.9 Å². The van der Waals surface area contributed by atoms with Gasteiger partial charge in [-0.1, -0.05) is 23.7 Å². The highest BCUT2D eigenvalue weighted by atomic mass is 35.5. The summed E-state index contributed by atoms with van der Waals surface area (Å²) in [5, 5.41) is 0.732. The molecule has 2 heterocycles. The Morgan fingerprint density at radius 2 is 1.92 bits per heavy atom. The number of nitrogens with zero attached hydrogens (tertiary/aromatic N) is 2. The van der Waals surface area contributed by atoms with Gasteiger partial charge >= 0.3 is 0 Å². The maximum absolute atomic E-state index is 12.9. The minimum atomic E-state index is -0.217. The van der Waals surface area contributed by atoms with E-state index in [0.29, 0.717) is 6.54 Å². The van der Waals surface area contributed by atoms with Gasteiger partial charge in [-0.05, 0) is 56.2 Å². The van der Waals surface area contributed by atoms with Crippen molar-refractivity contribution in [3.8, 4) is 0 Å². The predicted octanol–water partition coefficient (Wildman–Crippen LogP) is 2.31. The Balaban J connectivity index is 1.49. The number of rotatable bonds is 3. The standard InChI is InChI=1S/C20H26ClN3O2/c21-15-4-1-3-14(11-15)20(13-22)8-6-16(7-9-20)24-12-18(25)23-10-2-5-17(23)19(24)26/h1,3-4,11,16-17H,2,5-10,12-13,22H2/t16?,17-,20?/m1/s1. The summed E-state index contributed by atoms with van der Waals surface area (Å²) in [7, 11) is 0. The highest BCUT2D eigenvalue weighted by Gasteiger charge is 2.46. The highest BCUT2D eigenvalue weighted by molar-refractivity contribution is 6.30. The topological polar surface area (TPSA) is 66.6 Å². The van der Waals surface area contributed by atoms with Gasteiger partial charge in [0.05, 0.1) is 0 Å². The lowest BCUT2D eigenvalue weighted by atomic mass is 9.68. The second-order valence-electron chi connectivity index (χ2n) is 7.94. The second kappa shape index (κ2) is 6.86. The first-order chi connectivity index (χ1) is 12.5. The van der Waals surface area contributed by atoms with Crippen molar-refractivity contribution in [2.24, 2.45) is 5.73 Å². The van der Waals surface area contributed by atoms with Crippen molar-refractivity contribution in [1.29, 1.82) is 0 Å². The quantitative estimate of drug-likeness (QED) is 0.881. The van der Waals surface area contributed by atoms with Gasteiger partial charge in [-0.2, -0.15) is 0 Å². The Morgan fingerprint density at radius 1 is 1.15 bits per heavy atom. The zero-order valence-corrected chi connectivity index (χ0v) is 15.8. The zero-order chi connectivity index (χ0) is 18.3. The van der Waals surface area contributed by atoms with E-state index in [9.17, 15) is 9.59 Å². The van der Waals surface area contributed by atoms with Crippen LogP contribution in [0.1, 0.15) is 44.1 Å². The van der Waals surface area contributed by atoms with E-state index in [4.69, 9.17) is 17.3 Å². The largest absolute Gasteiger partial charge is 0.330 e. The monoisotopic (exact) mass is 375 g/mol. The Labute approximate surface area is 159 Å². The third-order valence-corrected chi connectivity index (χ3v) is 6.86. The zero-order valence-electron chi connectivity index (χ0n) is 15.0. The summed E-state index contributed by atoms with van der Waals surface area (Å²) < 4.78 is 0. The summed E-state index contributed by atoms with van der Waals surface area (Å²) in [5.74, 6) is 0.257. The number of hydrogen-bond donors (Lipinski definition) is 1. The number of hydrogen-bond acceptors (Lipinski definition) is 3. The van der Waals surface area contributed by atoms with Gasteiger partial charge in [-0.25, -0.2) is 0 Å². The van der Waals surface area contributed by atoms with Crippen LogP contribution in [0.3, 0.4) is 0 Å². The number of carbonyl (C=O) groups excluding carboxylic acids is 2. The molecule has 0 unspecified atom stereocenters. The van der Waals surface area contributed by atoms with E-state index >= 15 is 0 Å². The van der Waals surface area contributed by atoms with Gasteiger partial charge in [0.1, 0.15) is 12.6 Å². The first-order valence-electron chi connectivity index (χ1n) is 9.60. The van der Waals surface area contributed by atoms with Crippen LogP contribution < -0.4 is 5.73 Å². The lowest BCUT2D eigenvalue weighted by molar-refractivity contribution is -0.156. The van der Waals surface area contributed by atoms with Gasteiger partial charge in [0, 0.05) is 29.6 Å². The number of piperazine rings is 1. The molecule has 0 radical (unpaired) electrons. The molecular weight excluding hydrogens is 350 g/mol. The molecule has 2 N–H and O–H groups in total. The molecule has 1 aromatic rings. The Hall–Kier alpha value is -1.59. The molecule has 1 aliphatic carbocycles. The Kier molecular flexibility index (Phi) is 4.70. The number of fused-ring (bicyclic) bond motifs is 1. The molecule has 6 heteroatoms. The molecule has 0 spiro atoms. The molecule has 1 aromatic carbocycles.